The van der Waals surface area contributed by atoms with E-state index >= 15 is 0 Å². The Morgan fingerprint density at radius 3 is 0.740 bits per heavy atom. The molecular formula is C18H10F26N2O4. The van der Waals surface area contributed by atoms with E-state index in [4.69, 9.17) is 10.2 Å². The van der Waals surface area contributed by atoms with Crippen LogP contribution in [0.25, 0.3) is 0 Å². The Bertz CT molecular complexity index is 1150. The zero-order chi connectivity index (χ0) is 41.1. The minimum atomic E-state index is -8.54. The fourth-order valence-corrected chi connectivity index (χ4v) is 3.09. The summed E-state index contributed by atoms with van der Waals surface area (Å²) in [5.41, 5.74) is 0. The molecule has 0 atom stereocenters. The zero-order valence-corrected chi connectivity index (χ0v) is 22.3. The van der Waals surface area contributed by atoms with Gasteiger partial charge in [-0.05, 0) is 0 Å². The van der Waals surface area contributed by atoms with Crippen molar-refractivity contribution in [2.45, 2.75) is 84.4 Å². The lowest BCUT2D eigenvalue weighted by atomic mass is 9.92. The molecule has 0 bridgehead atoms. The minimum Gasteiger partial charge on any atom is -0.464 e. The Labute approximate surface area is 255 Å². The minimum absolute atomic E-state index is 1.57. The van der Waals surface area contributed by atoms with E-state index in [0.717, 1.165) is 0 Å². The van der Waals surface area contributed by atoms with Crippen LogP contribution in [0.15, 0.2) is 0 Å². The van der Waals surface area contributed by atoms with Crippen molar-refractivity contribution in [3.8, 4) is 0 Å². The molecule has 0 aliphatic carbocycles. The highest BCUT2D eigenvalue weighted by Gasteiger charge is 2.92. The van der Waals surface area contributed by atoms with Crippen molar-refractivity contribution in [3.63, 3.8) is 0 Å². The molecule has 2 amide bonds. The number of imide groups is 1. The molecule has 2 N–H and O–H groups in total. The Morgan fingerprint density at radius 1 is 0.360 bits per heavy atom. The molecule has 0 fully saturated rings. The molecule has 298 valence electrons. The molecule has 0 saturated heterocycles. The number of amides is 2. The normalized spacial score (nSPS) is 15.8. The third-order valence-corrected chi connectivity index (χ3v) is 6.01. The summed E-state index contributed by atoms with van der Waals surface area (Å²) in [6.07, 6.45) is -29.9. The van der Waals surface area contributed by atoms with E-state index in [0.29, 0.717) is 0 Å². The van der Waals surface area contributed by atoms with Crippen LogP contribution in [-0.4, -0.2) is 117 Å². The van der Waals surface area contributed by atoms with Gasteiger partial charge in [-0.15, -0.1) is 5.01 Å². The van der Waals surface area contributed by atoms with E-state index in [2.05, 4.69) is 0 Å². The highest BCUT2D eigenvalue weighted by atomic mass is 19.4. The lowest BCUT2D eigenvalue weighted by molar-refractivity contribution is -0.440. The first-order valence-electron chi connectivity index (χ1n) is 11.3. The second kappa shape index (κ2) is 12.8. The number of carboxylic acid groups (broad SMARTS) is 2. The van der Waals surface area contributed by atoms with Crippen LogP contribution >= 0.6 is 0 Å². The summed E-state index contributed by atoms with van der Waals surface area (Å²) < 4.78 is 344. The maximum Gasteiger partial charge on any atom is 0.460 e. The summed E-state index contributed by atoms with van der Waals surface area (Å²) in [6, 6.07) is 0. The second-order valence-electron chi connectivity index (χ2n) is 9.33. The molecule has 0 radical (unpaired) electrons. The number of nitrogens with zero attached hydrogens (tertiary/aromatic N) is 2. The molecule has 0 aromatic rings. The first-order valence-corrected chi connectivity index (χ1v) is 11.3. The zero-order valence-electron chi connectivity index (χ0n) is 22.3. The number of rotatable bonds is 15. The van der Waals surface area contributed by atoms with Crippen LogP contribution in [-0.2, 0) is 0 Å². The van der Waals surface area contributed by atoms with Gasteiger partial charge in [-0.3, -0.25) is 0 Å². The second-order valence-corrected chi connectivity index (χ2v) is 9.33. The first-order chi connectivity index (χ1) is 21.3. The molecule has 0 spiro atoms. The molecule has 50 heavy (non-hydrogen) atoms. The third kappa shape index (κ3) is 7.03. The van der Waals surface area contributed by atoms with Crippen molar-refractivity contribution in [1.29, 1.82) is 0 Å². The van der Waals surface area contributed by atoms with Gasteiger partial charge in [0.25, 0.3) is 0 Å². The molecule has 0 rings (SSSR count). The summed E-state index contributed by atoms with van der Waals surface area (Å²) in [5.74, 6) is -81.7. The molecule has 32 heteroatoms. The van der Waals surface area contributed by atoms with Gasteiger partial charge in [-0.2, -0.15) is 114 Å². The van der Waals surface area contributed by atoms with Crippen molar-refractivity contribution in [2.75, 3.05) is 13.1 Å². The van der Waals surface area contributed by atoms with Gasteiger partial charge in [0.1, 0.15) is 0 Å². The van der Waals surface area contributed by atoms with E-state index in [9.17, 15) is 124 Å². The molecule has 0 aromatic heterocycles. The molecule has 0 heterocycles. The van der Waals surface area contributed by atoms with Gasteiger partial charge in [0.05, 0.1) is 0 Å². The van der Waals surface area contributed by atoms with Crippen LogP contribution < -0.4 is 0 Å². The van der Waals surface area contributed by atoms with E-state index < -0.39 is 120 Å². The monoisotopic (exact) mass is 812 g/mol. The van der Waals surface area contributed by atoms with Crippen molar-refractivity contribution in [2.24, 2.45) is 0 Å². The number of alkyl halides is 26. The third-order valence-electron chi connectivity index (χ3n) is 6.01. The smallest absolute Gasteiger partial charge is 0.460 e. The molecular weight excluding hydrogens is 802 g/mol. The summed E-state index contributed by atoms with van der Waals surface area (Å²) >= 11 is 0. The van der Waals surface area contributed by atoms with Gasteiger partial charge in [0.2, 0.25) is 0 Å². The van der Waals surface area contributed by atoms with Gasteiger partial charge >= 0.3 is 83.8 Å². The molecule has 0 aliphatic rings. The Hall–Kier alpha value is -3.12. The number of hydrazine groups is 1. The van der Waals surface area contributed by atoms with Crippen LogP contribution in [0.4, 0.5) is 124 Å². The Morgan fingerprint density at radius 2 is 0.560 bits per heavy atom. The topological polar surface area (TPSA) is 81.1 Å². The van der Waals surface area contributed by atoms with Gasteiger partial charge in [0.15, 0.2) is 0 Å². The summed E-state index contributed by atoms with van der Waals surface area (Å²) in [7, 11) is 0. The van der Waals surface area contributed by atoms with Crippen molar-refractivity contribution < 1.29 is 134 Å². The largest absolute Gasteiger partial charge is 0.464 e. The summed E-state index contributed by atoms with van der Waals surface area (Å²) in [5, 5.41) is 14.0. The Kier molecular flexibility index (Phi) is 12.0. The highest BCUT2D eigenvalue weighted by molar-refractivity contribution is 5.84. The van der Waals surface area contributed by atoms with Gasteiger partial charge in [-0.1, -0.05) is 0 Å². The van der Waals surface area contributed by atoms with Crippen molar-refractivity contribution in [3.05, 3.63) is 0 Å². The quantitative estimate of drug-likeness (QED) is 0.128. The number of hydrogen-bond donors (Lipinski definition) is 2. The van der Waals surface area contributed by atoms with Crippen molar-refractivity contribution in [1.82, 2.24) is 10.0 Å². The van der Waals surface area contributed by atoms with E-state index in [1.807, 2.05) is 0 Å². The Balaban J connectivity index is 6.86. The fraction of sp³-hybridized carbons (Fsp3) is 0.889. The highest BCUT2D eigenvalue weighted by Crippen LogP contribution is 2.62. The number of carbonyl (C=O) groups is 2. The molecule has 0 aromatic carbocycles. The molecule has 0 saturated carbocycles. The standard InChI is InChI=1S/C18H10F26N2O4/c19-7(20,9(23,24)11(27,28)13(31,32)15(35,36)17(39,40)41)1-3-45(46(5(47)48)6(49)50)4-2-8(21,22)10(25,26)12(29,30)14(33,34)16(37,38)18(42,43)44/h1-4H2,(H,47,48)(H,49,50). The van der Waals surface area contributed by atoms with E-state index in [1.165, 1.54) is 0 Å². The van der Waals surface area contributed by atoms with Crippen LogP contribution in [0.3, 0.4) is 0 Å². The molecule has 0 unspecified atom stereocenters. The van der Waals surface area contributed by atoms with Crippen LogP contribution in [0.5, 0.6) is 0 Å². The summed E-state index contributed by atoms with van der Waals surface area (Å²) in [4.78, 5) is 22.1. The SMILES string of the molecule is O=C(O)N(C(=O)O)N(CCC(F)(F)C(F)(F)C(F)(F)C(F)(F)C(F)(F)C(F)(F)F)CCC(F)(F)C(F)(F)C(F)(F)C(F)(F)C(F)(F)C(F)(F)F. The van der Waals surface area contributed by atoms with Crippen LogP contribution in [0, 0.1) is 0 Å². The van der Waals surface area contributed by atoms with Gasteiger partial charge < -0.3 is 10.2 Å². The lowest BCUT2D eigenvalue weighted by Crippen LogP contribution is -2.70. The fourth-order valence-electron chi connectivity index (χ4n) is 3.09. The van der Waals surface area contributed by atoms with Crippen LogP contribution in [0.2, 0.25) is 0 Å². The van der Waals surface area contributed by atoms with E-state index in [-0.39, 0.29) is 0 Å². The first kappa shape index (κ1) is 46.9. The maximum absolute atomic E-state index is 14.1. The lowest BCUT2D eigenvalue weighted by Gasteiger charge is -2.41. The van der Waals surface area contributed by atoms with Gasteiger partial charge in [0, 0.05) is 25.9 Å². The average molecular weight is 812 g/mol. The maximum atomic E-state index is 14.1. The van der Waals surface area contributed by atoms with Gasteiger partial charge in [-0.25, -0.2) is 14.6 Å². The predicted molar refractivity (Wildman–Crippen MR) is 100 cm³/mol. The average Bonchev–Trinajstić information content (AvgIpc) is 2.87. The van der Waals surface area contributed by atoms with Crippen LogP contribution in [0.1, 0.15) is 12.8 Å². The number of halogens is 26. The van der Waals surface area contributed by atoms with Crippen molar-refractivity contribution >= 4 is 12.2 Å². The van der Waals surface area contributed by atoms with E-state index in [1.54, 1.807) is 0 Å². The predicted octanol–water partition coefficient (Wildman–Crippen LogP) is 9.12. The summed E-state index contributed by atoms with van der Waals surface area (Å²) in [6.45, 7) is -6.17. The molecule has 6 nitrogen and oxygen atoms in total. The number of hydrogen-bond acceptors (Lipinski definition) is 3. The molecule has 0 aliphatic heterocycles.